The van der Waals surface area contributed by atoms with E-state index >= 15 is 0 Å². The Kier molecular flexibility index (Phi) is 3.95. The number of thioether (sulfide) groups is 1. The maximum absolute atomic E-state index is 6.03. The Labute approximate surface area is 113 Å². The molecule has 0 aliphatic carbocycles. The van der Waals surface area contributed by atoms with E-state index in [0.717, 1.165) is 0 Å². The third kappa shape index (κ3) is 2.95. The molecule has 0 aliphatic heterocycles. The molecule has 2 rings (SSSR count). The fourth-order valence-electron chi connectivity index (χ4n) is 1.14. The number of benzene rings is 1. The molecule has 0 bridgehead atoms. The van der Waals surface area contributed by atoms with Gasteiger partial charge in [-0.05, 0) is 18.2 Å². The number of terminal acetylenes is 1. The van der Waals surface area contributed by atoms with E-state index in [9.17, 15) is 0 Å². The molecule has 0 unspecified atom stereocenters. The average molecular weight is 285 g/mol. The topological polar surface area (TPSA) is 38.9 Å². The molecule has 0 fully saturated rings. The van der Waals surface area contributed by atoms with E-state index in [1.165, 1.54) is 11.8 Å². The zero-order valence-corrected chi connectivity index (χ0v) is 10.8. The normalized spacial score (nSPS) is 10.2. The van der Waals surface area contributed by atoms with Gasteiger partial charge in [-0.1, -0.05) is 40.9 Å². The van der Waals surface area contributed by atoms with Crippen LogP contribution in [0.4, 0.5) is 0 Å². The highest BCUT2D eigenvalue weighted by atomic mass is 35.5. The zero-order chi connectivity index (χ0) is 12.3. The Morgan fingerprint density at radius 3 is 2.88 bits per heavy atom. The summed E-state index contributed by atoms with van der Waals surface area (Å²) in [6.45, 7) is 0. The summed E-state index contributed by atoms with van der Waals surface area (Å²) in [5, 5.41) is 9.19. The lowest BCUT2D eigenvalue weighted by Gasteiger charge is -1.98. The summed E-state index contributed by atoms with van der Waals surface area (Å²) in [4.78, 5) is 0. The highest BCUT2D eigenvalue weighted by Gasteiger charge is 2.12. The molecule has 1 aromatic carbocycles. The second kappa shape index (κ2) is 5.46. The fraction of sp³-hybridized carbons (Fsp3) is 0.0909. The van der Waals surface area contributed by atoms with Gasteiger partial charge in [-0.15, -0.1) is 16.6 Å². The number of hydrogen-bond acceptors (Lipinski definition) is 4. The van der Waals surface area contributed by atoms with Gasteiger partial charge in [0.25, 0.3) is 5.22 Å². The Balaban J connectivity index is 2.28. The van der Waals surface area contributed by atoms with Crippen molar-refractivity contribution in [2.45, 2.75) is 5.22 Å². The van der Waals surface area contributed by atoms with Crippen molar-refractivity contribution in [1.82, 2.24) is 10.2 Å². The van der Waals surface area contributed by atoms with Crippen LogP contribution in [0.1, 0.15) is 0 Å². The van der Waals surface area contributed by atoms with Crippen molar-refractivity contribution >= 4 is 35.0 Å². The van der Waals surface area contributed by atoms with Crippen LogP contribution in [0.5, 0.6) is 0 Å². The number of hydrogen-bond donors (Lipinski definition) is 0. The second-order valence-electron chi connectivity index (χ2n) is 2.99. The summed E-state index contributed by atoms with van der Waals surface area (Å²) in [7, 11) is 0. The van der Waals surface area contributed by atoms with Crippen molar-refractivity contribution in [2.24, 2.45) is 0 Å². The fourth-order valence-corrected chi connectivity index (χ4v) is 2.08. The summed E-state index contributed by atoms with van der Waals surface area (Å²) in [5.74, 6) is 3.31. The summed E-state index contributed by atoms with van der Waals surface area (Å²) < 4.78 is 5.41. The minimum absolute atomic E-state index is 0.353. The van der Waals surface area contributed by atoms with Crippen LogP contribution >= 0.6 is 35.0 Å². The Hall–Kier alpha value is -1.15. The molecule has 3 nitrogen and oxygen atoms in total. The Morgan fingerprint density at radius 2 is 2.18 bits per heavy atom. The van der Waals surface area contributed by atoms with Crippen LogP contribution in [0.2, 0.25) is 10.0 Å². The lowest BCUT2D eigenvalue weighted by atomic mass is 10.2. The third-order valence-electron chi connectivity index (χ3n) is 1.85. The minimum Gasteiger partial charge on any atom is -0.411 e. The number of halogens is 2. The van der Waals surface area contributed by atoms with E-state index in [-0.39, 0.29) is 0 Å². The smallest absolute Gasteiger partial charge is 0.277 e. The van der Waals surface area contributed by atoms with E-state index in [2.05, 4.69) is 16.1 Å². The predicted octanol–water partition coefficient (Wildman–Crippen LogP) is 3.77. The van der Waals surface area contributed by atoms with Gasteiger partial charge in [0.05, 0.1) is 16.3 Å². The van der Waals surface area contributed by atoms with Crippen LogP contribution in [0.3, 0.4) is 0 Å². The van der Waals surface area contributed by atoms with Crippen LogP contribution in [-0.4, -0.2) is 16.0 Å². The summed E-state index contributed by atoms with van der Waals surface area (Å²) in [5.41, 5.74) is 0.649. The van der Waals surface area contributed by atoms with E-state index in [4.69, 9.17) is 34.0 Å². The highest BCUT2D eigenvalue weighted by Crippen LogP contribution is 2.30. The molecule has 1 heterocycles. The van der Waals surface area contributed by atoms with Crippen molar-refractivity contribution in [1.29, 1.82) is 0 Å². The SMILES string of the molecule is C#CCSc1nnc(-c2ccc(Cl)cc2Cl)o1. The second-order valence-corrected chi connectivity index (χ2v) is 4.76. The van der Waals surface area contributed by atoms with E-state index < -0.39 is 0 Å². The maximum Gasteiger partial charge on any atom is 0.277 e. The molecule has 86 valence electrons. The van der Waals surface area contributed by atoms with Crippen LogP contribution < -0.4 is 0 Å². The highest BCUT2D eigenvalue weighted by molar-refractivity contribution is 7.99. The lowest BCUT2D eigenvalue weighted by molar-refractivity contribution is 0.466. The standard InChI is InChI=1S/C11H6Cl2N2OS/c1-2-5-17-11-15-14-10(16-11)8-4-3-7(12)6-9(8)13/h1,3-4,6H,5H2. The quantitative estimate of drug-likeness (QED) is 0.635. The molecule has 2 aromatic rings. The molecule has 0 atom stereocenters. The molecule has 0 aliphatic rings. The van der Waals surface area contributed by atoms with Gasteiger partial charge in [0.15, 0.2) is 0 Å². The largest absolute Gasteiger partial charge is 0.411 e. The van der Waals surface area contributed by atoms with Crippen molar-refractivity contribution in [3.8, 4) is 23.8 Å². The average Bonchev–Trinajstić information content (AvgIpc) is 2.75. The first-order valence-corrected chi connectivity index (χ1v) is 6.30. The zero-order valence-electron chi connectivity index (χ0n) is 8.48. The number of rotatable bonds is 3. The number of aromatic nitrogens is 2. The molecule has 0 saturated carbocycles. The Bertz CT molecular complexity index is 577. The van der Waals surface area contributed by atoms with Gasteiger partial charge in [0.2, 0.25) is 5.89 Å². The van der Waals surface area contributed by atoms with Crippen molar-refractivity contribution in [3.63, 3.8) is 0 Å². The molecule has 0 amide bonds. The van der Waals surface area contributed by atoms with Crippen LogP contribution in [-0.2, 0) is 0 Å². The predicted molar refractivity (Wildman–Crippen MR) is 69.3 cm³/mol. The van der Waals surface area contributed by atoms with Crippen molar-refractivity contribution in [2.75, 3.05) is 5.75 Å². The first-order valence-electron chi connectivity index (χ1n) is 4.56. The third-order valence-corrected chi connectivity index (χ3v) is 3.12. The summed E-state index contributed by atoms with van der Waals surface area (Å²) in [6.07, 6.45) is 5.14. The van der Waals surface area contributed by atoms with Crippen LogP contribution in [0.25, 0.3) is 11.5 Å². The lowest BCUT2D eigenvalue weighted by Crippen LogP contribution is -1.79. The number of nitrogens with zero attached hydrogens (tertiary/aromatic N) is 2. The van der Waals surface area contributed by atoms with Gasteiger partial charge < -0.3 is 4.42 Å². The first-order chi connectivity index (χ1) is 8.20. The van der Waals surface area contributed by atoms with Crippen LogP contribution in [0.15, 0.2) is 27.8 Å². The molecule has 6 heteroatoms. The molecule has 17 heavy (non-hydrogen) atoms. The minimum atomic E-state index is 0.353. The molecular weight excluding hydrogens is 279 g/mol. The van der Waals surface area contributed by atoms with E-state index in [1.807, 2.05) is 0 Å². The van der Waals surface area contributed by atoms with Crippen molar-refractivity contribution in [3.05, 3.63) is 28.2 Å². The molecule has 0 N–H and O–H groups in total. The monoisotopic (exact) mass is 284 g/mol. The van der Waals surface area contributed by atoms with Crippen molar-refractivity contribution < 1.29 is 4.42 Å². The van der Waals surface area contributed by atoms with Gasteiger partial charge in [-0.25, -0.2) is 0 Å². The van der Waals surface area contributed by atoms with Gasteiger partial charge in [0.1, 0.15) is 0 Å². The van der Waals surface area contributed by atoms with Gasteiger partial charge in [-0.3, -0.25) is 0 Å². The molecule has 0 spiro atoms. The van der Waals surface area contributed by atoms with Gasteiger partial charge in [0, 0.05) is 5.02 Å². The molecule has 1 aromatic heterocycles. The molecule has 0 saturated heterocycles. The Morgan fingerprint density at radius 1 is 1.35 bits per heavy atom. The summed E-state index contributed by atoms with van der Waals surface area (Å²) >= 11 is 13.1. The van der Waals surface area contributed by atoms with Gasteiger partial charge in [-0.2, -0.15) is 0 Å². The van der Waals surface area contributed by atoms with Gasteiger partial charge >= 0.3 is 0 Å². The molecule has 0 radical (unpaired) electrons. The van der Waals surface area contributed by atoms with E-state index in [0.29, 0.717) is 32.5 Å². The first kappa shape index (κ1) is 12.3. The molecular formula is C11H6Cl2N2OS. The summed E-state index contributed by atoms with van der Waals surface area (Å²) in [6, 6.07) is 5.06. The van der Waals surface area contributed by atoms with Crippen LogP contribution in [0, 0.1) is 12.3 Å². The maximum atomic E-state index is 6.03. The van der Waals surface area contributed by atoms with E-state index in [1.54, 1.807) is 18.2 Å².